The van der Waals surface area contributed by atoms with Gasteiger partial charge >= 0.3 is 0 Å². The van der Waals surface area contributed by atoms with Crippen molar-refractivity contribution in [3.05, 3.63) is 29.8 Å². The highest BCUT2D eigenvalue weighted by Crippen LogP contribution is 2.28. The van der Waals surface area contributed by atoms with Gasteiger partial charge < -0.3 is 10.2 Å². The van der Waals surface area contributed by atoms with Gasteiger partial charge in [-0.1, -0.05) is 38.0 Å². The van der Waals surface area contributed by atoms with Gasteiger partial charge in [-0.25, -0.2) is 0 Å². The van der Waals surface area contributed by atoms with Crippen LogP contribution in [0, 0.1) is 5.92 Å². The molecule has 2 heterocycles. The number of fused-ring (bicyclic) bond motifs is 1. The van der Waals surface area contributed by atoms with E-state index in [1.807, 2.05) is 12.1 Å². The molecule has 1 amide bonds. The van der Waals surface area contributed by atoms with Crippen LogP contribution in [-0.2, 0) is 11.2 Å². The molecule has 0 unspecified atom stereocenters. The molecule has 0 bridgehead atoms. The number of hydrogen-bond acceptors (Lipinski definition) is 2. The van der Waals surface area contributed by atoms with Crippen LogP contribution in [0.4, 0.5) is 5.69 Å². The highest BCUT2D eigenvalue weighted by Gasteiger charge is 2.31. The first-order chi connectivity index (χ1) is 9.78. The third-order valence-electron chi connectivity index (χ3n) is 4.69. The summed E-state index contributed by atoms with van der Waals surface area (Å²) in [6, 6.07) is 8.20. The number of amides is 1. The number of nitrogens with one attached hydrogen (secondary N) is 1. The fourth-order valence-electron chi connectivity index (χ4n) is 3.52. The van der Waals surface area contributed by atoms with Gasteiger partial charge in [-0.3, -0.25) is 4.79 Å². The lowest BCUT2D eigenvalue weighted by Gasteiger charge is -2.33. The van der Waals surface area contributed by atoms with Gasteiger partial charge in [0.05, 0.1) is 0 Å². The predicted molar refractivity (Wildman–Crippen MR) is 81.8 cm³/mol. The molecule has 1 fully saturated rings. The van der Waals surface area contributed by atoms with Crippen molar-refractivity contribution in [1.29, 1.82) is 0 Å². The third kappa shape index (κ3) is 2.67. The lowest BCUT2D eigenvalue weighted by molar-refractivity contribution is -0.133. The Balaban J connectivity index is 1.56. The minimum Gasteiger partial charge on any atom is -0.373 e. The molecule has 0 radical (unpaired) electrons. The second-order valence-corrected chi connectivity index (χ2v) is 6.12. The molecule has 1 saturated heterocycles. The molecular weight excluding hydrogens is 248 g/mol. The molecule has 3 heteroatoms. The summed E-state index contributed by atoms with van der Waals surface area (Å²) in [5, 5.41) is 3.38. The van der Waals surface area contributed by atoms with Crippen LogP contribution in [0.5, 0.6) is 0 Å². The van der Waals surface area contributed by atoms with E-state index in [1.54, 1.807) is 0 Å². The summed E-state index contributed by atoms with van der Waals surface area (Å²) < 4.78 is 0. The fourth-order valence-corrected chi connectivity index (χ4v) is 3.52. The van der Waals surface area contributed by atoms with Gasteiger partial charge in [-0.15, -0.1) is 0 Å². The smallest absolute Gasteiger partial charge is 0.245 e. The van der Waals surface area contributed by atoms with Crippen LogP contribution in [0.2, 0.25) is 0 Å². The first-order valence-electron chi connectivity index (χ1n) is 7.91. The molecule has 1 aromatic carbocycles. The summed E-state index contributed by atoms with van der Waals surface area (Å²) in [5.41, 5.74) is 2.40. The van der Waals surface area contributed by atoms with Crippen LogP contribution in [0.15, 0.2) is 24.3 Å². The summed E-state index contributed by atoms with van der Waals surface area (Å²) in [6.07, 6.45) is 5.77. The summed E-state index contributed by atoms with van der Waals surface area (Å²) in [6.45, 7) is 4.13. The zero-order valence-electron chi connectivity index (χ0n) is 12.3. The molecule has 2 aliphatic heterocycles. The number of benzene rings is 1. The monoisotopic (exact) mass is 272 g/mol. The summed E-state index contributed by atoms with van der Waals surface area (Å²) in [4.78, 5) is 14.7. The van der Waals surface area contributed by atoms with Crippen molar-refractivity contribution in [1.82, 2.24) is 4.90 Å². The van der Waals surface area contributed by atoms with Crippen LogP contribution >= 0.6 is 0 Å². The van der Waals surface area contributed by atoms with E-state index in [-0.39, 0.29) is 11.9 Å². The molecule has 0 spiro atoms. The average Bonchev–Trinajstić information content (AvgIpc) is 2.91. The lowest BCUT2D eigenvalue weighted by atomic mass is 9.92. The number of carbonyl (C=O) groups is 1. The second kappa shape index (κ2) is 5.86. The maximum absolute atomic E-state index is 12.6. The van der Waals surface area contributed by atoms with Gasteiger partial charge in [0, 0.05) is 25.2 Å². The Morgan fingerprint density at radius 1 is 1.30 bits per heavy atom. The zero-order valence-corrected chi connectivity index (χ0v) is 12.3. The maximum atomic E-state index is 12.6. The van der Waals surface area contributed by atoms with Crippen LogP contribution in [0.1, 0.15) is 38.2 Å². The van der Waals surface area contributed by atoms with Crippen molar-refractivity contribution in [2.24, 2.45) is 5.92 Å². The number of likely N-dealkylation sites (tertiary alicyclic amines) is 1. The van der Waals surface area contributed by atoms with E-state index in [9.17, 15) is 4.79 Å². The lowest BCUT2D eigenvalue weighted by Crippen LogP contribution is -2.45. The zero-order chi connectivity index (χ0) is 13.9. The van der Waals surface area contributed by atoms with E-state index in [0.29, 0.717) is 0 Å². The molecule has 0 saturated carbocycles. The van der Waals surface area contributed by atoms with E-state index < -0.39 is 0 Å². The Bertz CT molecular complexity index is 453. The van der Waals surface area contributed by atoms with Gasteiger partial charge in [-0.2, -0.15) is 0 Å². The van der Waals surface area contributed by atoms with E-state index in [4.69, 9.17) is 0 Å². The number of para-hydroxylation sites is 1. The van der Waals surface area contributed by atoms with Crippen LogP contribution in [0.3, 0.4) is 0 Å². The normalized spacial score (nSPS) is 22.4. The van der Waals surface area contributed by atoms with Gasteiger partial charge in [0.25, 0.3) is 0 Å². The number of carbonyl (C=O) groups excluding carboxylic acids is 1. The SMILES string of the molecule is CCCC1CCN(C(=O)[C@@H]2Cc3ccccc3N2)CC1. The molecule has 108 valence electrons. The quantitative estimate of drug-likeness (QED) is 0.917. The number of hydrogen-bond donors (Lipinski definition) is 1. The van der Waals surface area contributed by atoms with E-state index >= 15 is 0 Å². The van der Waals surface area contributed by atoms with Crippen molar-refractivity contribution >= 4 is 11.6 Å². The molecule has 1 N–H and O–H groups in total. The Labute approximate surface area is 121 Å². The number of nitrogens with zero attached hydrogens (tertiary/aromatic N) is 1. The topological polar surface area (TPSA) is 32.3 Å². The van der Waals surface area contributed by atoms with Gasteiger partial charge in [0.2, 0.25) is 5.91 Å². The molecule has 2 aliphatic rings. The summed E-state index contributed by atoms with van der Waals surface area (Å²) in [5.74, 6) is 1.12. The van der Waals surface area contributed by atoms with Gasteiger partial charge in [0.1, 0.15) is 6.04 Å². The van der Waals surface area contributed by atoms with E-state index in [1.165, 1.54) is 31.2 Å². The van der Waals surface area contributed by atoms with Crippen molar-refractivity contribution in [2.45, 2.75) is 45.1 Å². The minimum absolute atomic E-state index is 0.0462. The van der Waals surface area contributed by atoms with Crippen molar-refractivity contribution in [3.8, 4) is 0 Å². The Morgan fingerprint density at radius 2 is 2.05 bits per heavy atom. The Kier molecular flexibility index (Phi) is 3.95. The second-order valence-electron chi connectivity index (χ2n) is 6.12. The number of anilines is 1. The molecule has 1 atom stereocenters. The molecular formula is C17H24N2O. The van der Waals surface area contributed by atoms with Crippen molar-refractivity contribution in [2.75, 3.05) is 18.4 Å². The molecule has 3 rings (SSSR count). The molecule has 0 aromatic heterocycles. The highest BCUT2D eigenvalue weighted by molar-refractivity contribution is 5.87. The standard InChI is InChI=1S/C17H24N2O/c1-2-5-13-8-10-19(11-9-13)17(20)16-12-14-6-3-4-7-15(14)18-16/h3-4,6-7,13,16,18H,2,5,8-12H2,1H3/t16-/m0/s1. The fraction of sp³-hybridized carbons (Fsp3) is 0.588. The van der Waals surface area contributed by atoms with E-state index in [2.05, 4.69) is 29.3 Å². The highest BCUT2D eigenvalue weighted by atomic mass is 16.2. The summed E-state index contributed by atoms with van der Waals surface area (Å²) >= 11 is 0. The number of piperidine rings is 1. The molecule has 0 aliphatic carbocycles. The van der Waals surface area contributed by atoms with Gasteiger partial charge in [-0.05, 0) is 30.4 Å². The van der Waals surface area contributed by atoms with E-state index in [0.717, 1.165) is 31.1 Å². The number of rotatable bonds is 3. The van der Waals surface area contributed by atoms with Crippen LogP contribution in [-0.4, -0.2) is 29.9 Å². The first kappa shape index (κ1) is 13.5. The Hall–Kier alpha value is -1.51. The van der Waals surface area contributed by atoms with Crippen molar-refractivity contribution < 1.29 is 4.79 Å². The first-order valence-corrected chi connectivity index (χ1v) is 7.91. The maximum Gasteiger partial charge on any atom is 0.245 e. The summed E-state index contributed by atoms with van der Waals surface area (Å²) in [7, 11) is 0. The van der Waals surface area contributed by atoms with Crippen LogP contribution < -0.4 is 5.32 Å². The third-order valence-corrected chi connectivity index (χ3v) is 4.69. The largest absolute Gasteiger partial charge is 0.373 e. The molecule has 1 aromatic rings. The average molecular weight is 272 g/mol. The molecule has 20 heavy (non-hydrogen) atoms. The van der Waals surface area contributed by atoms with Crippen LogP contribution in [0.25, 0.3) is 0 Å². The molecule has 3 nitrogen and oxygen atoms in total. The minimum atomic E-state index is -0.0462. The van der Waals surface area contributed by atoms with Crippen molar-refractivity contribution in [3.63, 3.8) is 0 Å². The Morgan fingerprint density at radius 3 is 2.75 bits per heavy atom. The van der Waals surface area contributed by atoms with Gasteiger partial charge in [0.15, 0.2) is 0 Å². The predicted octanol–water partition coefficient (Wildman–Crippen LogP) is 3.06.